The van der Waals surface area contributed by atoms with Crippen molar-refractivity contribution in [2.45, 2.75) is 38.0 Å². The van der Waals surface area contributed by atoms with Gasteiger partial charge in [0.05, 0.1) is 23.3 Å². The molecule has 0 unspecified atom stereocenters. The number of phenolic OH excluding ortho intramolecular Hbond substituents is 1. The van der Waals surface area contributed by atoms with E-state index in [-0.39, 0.29) is 28.7 Å². The summed E-state index contributed by atoms with van der Waals surface area (Å²) in [5.74, 6) is -0.872. The first kappa shape index (κ1) is 21.7. The van der Waals surface area contributed by atoms with E-state index in [2.05, 4.69) is 15.3 Å². The van der Waals surface area contributed by atoms with E-state index in [1.54, 1.807) is 33.9 Å². The third-order valence-electron chi connectivity index (χ3n) is 6.06. The number of anilines is 1. The molecule has 1 saturated heterocycles. The number of likely N-dealkylation sites (tertiary alicyclic amines) is 1. The predicted molar refractivity (Wildman–Crippen MR) is 124 cm³/mol. The number of aromatic hydroxyl groups is 1. The zero-order valence-electron chi connectivity index (χ0n) is 18.4. The van der Waals surface area contributed by atoms with Crippen LogP contribution in [0.3, 0.4) is 0 Å². The summed E-state index contributed by atoms with van der Waals surface area (Å²) in [7, 11) is 0. The lowest BCUT2D eigenvalue weighted by Crippen LogP contribution is -2.40. The summed E-state index contributed by atoms with van der Waals surface area (Å²) < 4.78 is 16.2. The second-order valence-electron chi connectivity index (χ2n) is 8.57. The molecule has 2 fully saturated rings. The van der Waals surface area contributed by atoms with Crippen LogP contribution in [0.4, 0.5) is 10.2 Å². The number of aromatic nitrogens is 3. The SMILES string of the molecule is N=C1CCCCN1C(=N)c1cccc(NC(=O)c2cc(-n3cnc(C4CC4)c3)c(O)cc2F)n1. The monoisotopic (exact) mass is 461 g/mol. The largest absolute Gasteiger partial charge is 0.506 e. The molecular weight excluding hydrogens is 437 g/mol. The number of hydrogen-bond donors (Lipinski definition) is 4. The molecule has 34 heavy (non-hydrogen) atoms. The number of amides is 1. The summed E-state index contributed by atoms with van der Waals surface area (Å²) >= 11 is 0. The molecular formula is C24H24FN7O2. The van der Waals surface area contributed by atoms with E-state index < -0.39 is 11.7 Å². The molecule has 3 aromatic rings. The molecule has 0 atom stereocenters. The summed E-state index contributed by atoms with van der Waals surface area (Å²) in [6.45, 7) is 0.578. The summed E-state index contributed by atoms with van der Waals surface area (Å²) in [5.41, 5.74) is 1.20. The van der Waals surface area contributed by atoms with Gasteiger partial charge in [0.25, 0.3) is 5.91 Å². The lowest BCUT2D eigenvalue weighted by Gasteiger charge is -2.29. The van der Waals surface area contributed by atoms with Gasteiger partial charge in [-0.3, -0.25) is 15.6 Å². The van der Waals surface area contributed by atoms with E-state index >= 15 is 0 Å². The zero-order valence-corrected chi connectivity index (χ0v) is 18.4. The van der Waals surface area contributed by atoms with Gasteiger partial charge in [-0.2, -0.15) is 0 Å². The van der Waals surface area contributed by atoms with Crippen LogP contribution in [0, 0.1) is 16.6 Å². The van der Waals surface area contributed by atoms with Gasteiger partial charge in [-0.15, -0.1) is 0 Å². The fourth-order valence-corrected chi connectivity index (χ4v) is 4.03. The van der Waals surface area contributed by atoms with Crippen LogP contribution in [-0.2, 0) is 0 Å². The molecule has 0 spiro atoms. The maximum Gasteiger partial charge on any atom is 0.259 e. The van der Waals surface area contributed by atoms with Gasteiger partial charge in [0, 0.05) is 31.1 Å². The number of carbonyl (C=O) groups excluding carboxylic acids is 1. The number of pyridine rings is 1. The molecule has 2 aliphatic rings. The highest BCUT2D eigenvalue weighted by atomic mass is 19.1. The van der Waals surface area contributed by atoms with Gasteiger partial charge in [-0.05, 0) is 43.9 Å². The van der Waals surface area contributed by atoms with Crippen LogP contribution >= 0.6 is 0 Å². The fourth-order valence-electron chi connectivity index (χ4n) is 4.03. The molecule has 1 amide bonds. The van der Waals surface area contributed by atoms with Gasteiger partial charge in [0.15, 0.2) is 5.84 Å². The second-order valence-corrected chi connectivity index (χ2v) is 8.57. The quantitative estimate of drug-likeness (QED) is 0.337. The van der Waals surface area contributed by atoms with Crippen molar-refractivity contribution in [2.75, 3.05) is 11.9 Å². The minimum atomic E-state index is -0.869. The van der Waals surface area contributed by atoms with Crippen LogP contribution in [0.15, 0.2) is 42.9 Å². The number of amidine groups is 2. The van der Waals surface area contributed by atoms with Gasteiger partial charge >= 0.3 is 0 Å². The Kier molecular flexibility index (Phi) is 5.56. The number of rotatable bonds is 5. The molecule has 4 N–H and O–H groups in total. The van der Waals surface area contributed by atoms with Gasteiger partial charge in [-0.1, -0.05) is 6.07 Å². The normalized spacial score (nSPS) is 15.9. The van der Waals surface area contributed by atoms with E-state index in [4.69, 9.17) is 10.8 Å². The van der Waals surface area contributed by atoms with Crippen LogP contribution in [0.1, 0.15) is 59.8 Å². The van der Waals surface area contributed by atoms with E-state index in [1.807, 2.05) is 0 Å². The number of hydrogen-bond acceptors (Lipinski definition) is 6. The fraction of sp³-hybridized carbons (Fsp3) is 0.292. The molecule has 2 aromatic heterocycles. The Morgan fingerprint density at radius 3 is 2.82 bits per heavy atom. The van der Waals surface area contributed by atoms with Crippen molar-refractivity contribution in [3.8, 4) is 11.4 Å². The first-order valence-electron chi connectivity index (χ1n) is 11.2. The minimum Gasteiger partial charge on any atom is -0.506 e. The van der Waals surface area contributed by atoms with E-state index in [1.165, 1.54) is 12.4 Å². The zero-order chi connectivity index (χ0) is 23.8. The van der Waals surface area contributed by atoms with Crippen LogP contribution in [0.2, 0.25) is 0 Å². The molecule has 174 valence electrons. The molecule has 9 nitrogen and oxygen atoms in total. The molecule has 1 aliphatic carbocycles. The number of nitrogens with one attached hydrogen (secondary N) is 3. The van der Waals surface area contributed by atoms with Gasteiger partial charge in [0.1, 0.15) is 28.9 Å². The molecule has 1 aromatic carbocycles. The minimum absolute atomic E-state index is 0.0884. The van der Waals surface area contributed by atoms with Crippen LogP contribution in [0.25, 0.3) is 5.69 Å². The molecule has 0 radical (unpaired) electrons. The summed E-state index contributed by atoms with van der Waals surface area (Å²) in [6, 6.07) is 7.01. The molecule has 5 rings (SSSR count). The number of imidazole rings is 1. The maximum atomic E-state index is 14.6. The highest BCUT2D eigenvalue weighted by molar-refractivity contribution is 6.07. The third-order valence-corrected chi connectivity index (χ3v) is 6.06. The van der Waals surface area contributed by atoms with Crippen LogP contribution in [0.5, 0.6) is 5.75 Å². The summed E-state index contributed by atoms with van der Waals surface area (Å²) in [6.07, 6.45) is 7.89. The molecule has 1 saturated carbocycles. The average molecular weight is 462 g/mol. The number of phenols is 1. The van der Waals surface area contributed by atoms with Crippen molar-refractivity contribution in [1.82, 2.24) is 19.4 Å². The van der Waals surface area contributed by atoms with Crippen molar-refractivity contribution in [1.29, 1.82) is 10.8 Å². The van der Waals surface area contributed by atoms with Crippen LogP contribution in [-0.4, -0.2) is 48.7 Å². The van der Waals surface area contributed by atoms with Crippen molar-refractivity contribution in [3.63, 3.8) is 0 Å². The Balaban J connectivity index is 1.37. The maximum absolute atomic E-state index is 14.6. The number of nitrogens with zero attached hydrogens (tertiary/aromatic N) is 4. The van der Waals surface area contributed by atoms with Crippen molar-refractivity contribution in [3.05, 3.63) is 65.6 Å². The Bertz CT molecular complexity index is 1300. The topological polar surface area (TPSA) is 131 Å². The van der Waals surface area contributed by atoms with Gasteiger partial charge < -0.3 is 19.9 Å². The number of piperidine rings is 1. The first-order chi connectivity index (χ1) is 16.4. The average Bonchev–Trinajstić information content (AvgIpc) is 3.56. The van der Waals surface area contributed by atoms with Crippen molar-refractivity contribution in [2.24, 2.45) is 0 Å². The third kappa shape index (κ3) is 4.26. The van der Waals surface area contributed by atoms with Crippen molar-refractivity contribution >= 4 is 23.4 Å². The summed E-state index contributed by atoms with van der Waals surface area (Å²) in [5, 5.41) is 29.4. The Morgan fingerprint density at radius 1 is 1.24 bits per heavy atom. The van der Waals surface area contributed by atoms with E-state index in [0.29, 0.717) is 30.4 Å². The van der Waals surface area contributed by atoms with Crippen molar-refractivity contribution < 1.29 is 14.3 Å². The predicted octanol–water partition coefficient (Wildman–Crippen LogP) is 4.03. The molecule has 10 heteroatoms. The first-order valence-corrected chi connectivity index (χ1v) is 11.2. The van der Waals surface area contributed by atoms with E-state index in [9.17, 15) is 14.3 Å². The number of carbonyl (C=O) groups is 1. The lowest BCUT2D eigenvalue weighted by molar-refractivity contribution is 0.102. The number of benzene rings is 1. The van der Waals surface area contributed by atoms with Gasteiger partial charge in [-0.25, -0.2) is 14.4 Å². The molecule has 3 heterocycles. The van der Waals surface area contributed by atoms with Crippen LogP contribution < -0.4 is 5.32 Å². The van der Waals surface area contributed by atoms with E-state index in [0.717, 1.165) is 37.4 Å². The Hall–Kier alpha value is -4.08. The molecule has 0 bridgehead atoms. The Labute approximate surface area is 195 Å². The highest BCUT2D eigenvalue weighted by Crippen LogP contribution is 2.39. The standard InChI is InChI=1S/C24H24FN7O2/c25-16-11-20(33)19(31-12-18(28-13-31)14-7-8-14)10-15(16)24(34)30-22-6-3-4-17(29-22)23(27)32-9-2-1-5-21(32)26/h3-4,6,10-14,26-27,33H,1-2,5,7-9H2,(H,29,30,34). The van der Waals surface area contributed by atoms with Gasteiger partial charge in [0.2, 0.25) is 0 Å². The molecule has 1 aliphatic heterocycles. The Morgan fingerprint density at radius 2 is 2.06 bits per heavy atom. The highest BCUT2D eigenvalue weighted by Gasteiger charge is 2.26. The smallest absolute Gasteiger partial charge is 0.259 e. The lowest BCUT2D eigenvalue weighted by atomic mass is 10.1. The number of halogens is 1. The second kappa shape index (κ2) is 8.69. The summed E-state index contributed by atoms with van der Waals surface area (Å²) in [4.78, 5) is 23.2.